The lowest BCUT2D eigenvalue weighted by molar-refractivity contribution is -0.120. The number of carboxylic acid groups (broad SMARTS) is 1. The van der Waals surface area contributed by atoms with Crippen molar-refractivity contribution in [2.75, 3.05) is 13.6 Å². The van der Waals surface area contributed by atoms with Gasteiger partial charge in [0.1, 0.15) is 0 Å². The van der Waals surface area contributed by atoms with Crippen LogP contribution in [0.2, 0.25) is 0 Å². The van der Waals surface area contributed by atoms with Crippen molar-refractivity contribution in [3.8, 4) is 0 Å². The number of carbonyl (C=O) groups is 3. The van der Waals surface area contributed by atoms with Crippen molar-refractivity contribution < 1.29 is 19.5 Å². The normalized spacial score (nSPS) is 10.1. The Bertz CT molecular complexity index is 512. The zero-order valence-electron chi connectivity index (χ0n) is 10.9. The molecule has 5 N–H and O–H groups in total. The molecule has 0 saturated carbocycles. The highest BCUT2D eigenvalue weighted by atomic mass is 16.4. The number of amides is 3. The van der Waals surface area contributed by atoms with Gasteiger partial charge in [0.2, 0.25) is 5.91 Å². The number of nitrogens with one attached hydrogen (secondary N) is 2. The average Bonchev–Trinajstić information content (AvgIpc) is 2.80. The third kappa shape index (κ3) is 4.02. The monoisotopic (exact) mass is 284 g/mol. The molecule has 0 aliphatic carbocycles. The van der Waals surface area contributed by atoms with E-state index in [1.54, 1.807) is 0 Å². The molecule has 20 heavy (non-hydrogen) atoms. The van der Waals surface area contributed by atoms with Gasteiger partial charge in [-0.3, -0.25) is 10.1 Å². The van der Waals surface area contributed by atoms with Crippen molar-refractivity contribution in [2.45, 2.75) is 19.4 Å². The lowest BCUT2D eigenvalue weighted by Gasteiger charge is -2.06. The maximum absolute atomic E-state index is 11.4. The van der Waals surface area contributed by atoms with Crippen molar-refractivity contribution in [2.24, 2.45) is 5.73 Å². The Hall–Kier alpha value is -2.49. The number of aromatic carboxylic acids is 1. The molecule has 0 atom stereocenters. The van der Waals surface area contributed by atoms with Crippen LogP contribution in [0.25, 0.3) is 0 Å². The fourth-order valence-electron chi connectivity index (χ4n) is 1.52. The Balaban J connectivity index is 2.70. The summed E-state index contributed by atoms with van der Waals surface area (Å²) in [5, 5.41) is 20.5. The summed E-state index contributed by atoms with van der Waals surface area (Å²) in [4.78, 5) is 33.3. The summed E-state index contributed by atoms with van der Waals surface area (Å²) >= 11 is 0. The number of nitrogens with two attached hydrogens (primary N) is 1. The highest BCUT2D eigenvalue weighted by molar-refractivity contribution is 5.94. The first-order chi connectivity index (χ1) is 9.49. The van der Waals surface area contributed by atoms with Crippen molar-refractivity contribution in [3.63, 3.8) is 0 Å². The summed E-state index contributed by atoms with van der Waals surface area (Å²) in [5.41, 5.74) is 5.58. The number of aryl methyl sites for hydroxylation is 1. The molecule has 0 bridgehead atoms. The summed E-state index contributed by atoms with van der Waals surface area (Å²) in [7, 11) is 1.39. The molecule has 10 nitrogen and oxygen atoms in total. The minimum absolute atomic E-state index is 0.0343. The minimum Gasteiger partial charge on any atom is -0.476 e. The molecule has 3 amide bonds. The molecule has 0 fully saturated rings. The zero-order valence-corrected chi connectivity index (χ0v) is 10.9. The van der Waals surface area contributed by atoms with Crippen LogP contribution < -0.4 is 16.4 Å². The van der Waals surface area contributed by atoms with E-state index in [0.717, 1.165) is 0 Å². The predicted octanol–water partition coefficient (Wildman–Crippen LogP) is -1.68. The summed E-state index contributed by atoms with van der Waals surface area (Å²) in [5.74, 6) is -1.70. The Morgan fingerprint density at radius 2 is 2.10 bits per heavy atom. The van der Waals surface area contributed by atoms with E-state index in [0.29, 0.717) is 5.69 Å². The number of carbonyl (C=O) groups excluding carboxylic acids is 2. The Morgan fingerprint density at radius 3 is 2.65 bits per heavy atom. The van der Waals surface area contributed by atoms with Crippen LogP contribution in [0.4, 0.5) is 4.79 Å². The van der Waals surface area contributed by atoms with E-state index < -0.39 is 17.9 Å². The summed E-state index contributed by atoms with van der Waals surface area (Å²) in [6, 6.07) is -0.609. The third-order valence-electron chi connectivity index (χ3n) is 2.45. The maximum atomic E-state index is 11.4. The molecule has 1 aromatic rings. The van der Waals surface area contributed by atoms with Crippen molar-refractivity contribution >= 4 is 17.9 Å². The first-order valence-corrected chi connectivity index (χ1v) is 5.86. The van der Waals surface area contributed by atoms with E-state index in [1.807, 2.05) is 0 Å². The van der Waals surface area contributed by atoms with E-state index in [1.165, 1.54) is 11.7 Å². The summed E-state index contributed by atoms with van der Waals surface area (Å²) in [6.45, 7) is 0.344. The van der Waals surface area contributed by atoms with Gasteiger partial charge in [-0.05, 0) is 6.54 Å². The number of carboxylic acids is 1. The van der Waals surface area contributed by atoms with Gasteiger partial charge in [-0.15, -0.1) is 5.10 Å². The molecule has 0 aliphatic heterocycles. The Morgan fingerprint density at radius 1 is 1.40 bits per heavy atom. The first-order valence-electron chi connectivity index (χ1n) is 5.86. The standard InChI is InChI=1S/C10H16N6O4/c1-12-10(20)13-7(17)3-5-16-6(2-4-11)8(9(18)19)14-15-16/h2-5,11H2,1H3,(H,18,19)(H2,12,13,17,20). The molecule has 0 saturated heterocycles. The lowest BCUT2D eigenvalue weighted by Crippen LogP contribution is -2.37. The van der Waals surface area contributed by atoms with E-state index in [9.17, 15) is 14.4 Å². The van der Waals surface area contributed by atoms with Crippen LogP contribution in [0.15, 0.2) is 0 Å². The molecule has 110 valence electrons. The number of nitrogens with zero attached hydrogens (tertiary/aromatic N) is 3. The summed E-state index contributed by atoms with van der Waals surface area (Å²) in [6.07, 6.45) is 0.249. The molecule has 0 aliphatic rings. The molecule has 0 radical (unpaired) electrons. The van der Waals surface area contributed by atoms with Gasteiger partial charge in [0.15, 0.2) is 5.69 Å². The zero-order chi connectivity index (χ0) is 15.1. The smallest absolute Gasteiger partial charge is 0.358 e. The number of hydrogen-bond donors (Lipinski definition) is 4. The average molecular weight is 284 g/mol. The van der Waals surface area contributed by atoms with Gasteiger partial charge >= 0.3 is 12.0 Å². The molecule has 0 unspecified atom stereocenters. The minimum atomic E-state index is -1.20. The van der Waals surface area contributed by atoms with E-state index in [2.05, 4.69) is 20.9 Å². The molecule has 1 heterocycles. The van der Waals surface area contributed by atoms with Crippen LogP contribution in [-0.4, -0.2) is 51.6 Å². The summed E-state index contributed by atoms with van der Waals surface area (Å²) < 4.78 is 1.31. The molecule has 0 spiro atoms. The van der Waals surface area contributed by atoms with E-state index >= 15 is 0 Å². The fourth-order valence-corrected chi connectivity index (χ4v) is 1.52. The first kappa shape index (κ1) is 15.6. The highest BCUT2D eigenvalue weighted by Gasteiger charge is 2.18. The maximum Gasteiger partial charge on any atom is 0.358 e. The van der Waals surface area contributed by atoms with Crippen LogP contribution in [0.5, 0.6) is 0 Å². The van der Waals surface area contributed by atoms with E-state index in [4.69, 9.17) is 10.8 Å². The second-order valence-electron chi connectivity index (χ2n) is 3.83. The van der Waals surface area contributed by atoms with Crippen LogP contribution >= 0.6 is 0 Å². The molecular formula is C10H16N6O4. The largest absolute Gasteiger partial charge is 0.476 e. The van der Waals surface area contributed by atoms with Crippen LogP contribution in [0.3, 0.4) is 0 Å². The second-order valence-corrected chi connectivity index (χ2v) is 3.83. The number of imide groups is 1. The Kier molecular flexibility index (Phi) is 5.59. The van der Waals surface area contributed by atoms with Crippen molar-refractivity contribution in [1.29, 1.82) is 0 Å². The van der Waals surface area contributed by atoms with Gasteiger partial charge in [0, 0.05) is 19.9 Å². The molecule has 1 aromatic heterocycles. The third-order valence-corrected chi connectivity index (χ3v) is 2.45. The van der Waals surface area contributed by atoms with Crippen LogP contribution in [0, 0.1) is 0 Å². The van der Waals surface area contributed by atoms with Gasteiger partial charge in [0.05, 0.1) is 12.2 Å². The van der Waals surface area contributed by atoms with Crippen LogP contribution in [-0.2, 0) is 17.8 Å². The highest BCUT2D eigenvalue weighted by Crippen LogP contribution is 2.07. The number of hydrogen-bond acceptors (Lipinski definition) is 6. The number of urea groups is 1. The van der Waals surface area contributed by atoms with Gasteiger partial charge in [-0.25, -0.2) is 14.3 Å². The molecule has 0 aromatic carbocycles. The van der Waals surface area contributed by atoms with Crippen molar-refractivity contribution in [1.82, 2.24) is 25.6 Å². The van der Waals surface area contributed by atoms with Crippen LogP contribution in [0.1, 0.15) is 22.6 Å². The quantitative estimate of drug-likeness (QED) is 0.487. The van der Waals surface area contributed by atoms with E-state index in [-0.39, 0.29) is 31.6 Å². The van der Waals surface area contributed by atoms with Crippen molar-refractivity contribution in [3.05, 3.63) is 11.4 Å². The second kappa shape index (κ2) is 7.19. The molecule has 1 rings (SSSR count). The molecular weight excluding hydrogens is 268 g/mol. The molecule has 10 heteroatoms. The fraction of sp³-hybridized carbons (Fsp3) is 0.500. The number of aromatic nitrogens is 3. The number of rotatable bonds is 6. The van der Waals surface area contributed by atoms with Gasteiger partial charge < -0.3 is 16.2 Å². The Labute approximate surface area is 114 Å². The SMILES string of the molecule is CNC(=O)NC(=O)CCn1nnc(C(=O)O)c1CCN. The predicted molar refractivity (Wildman–Crippen MR) is 67.0 cm³/mol. The van der Waals surface area contributed by atoms with Gasteiger partial charge in [0.25, 0.3) is 0 Å². The van der Waals surface area contributed by atoms with Gasteiger partial charge in [-0.1, -0.05) is 5.21 Å². The topological polar surface area (TPSA) is 152 Å². The lowest BCUT2D eigenvalue weighted by atomic mass is 10.2. The van der Waals surface area contributed by atoms with Gasteiger partial charge in [-0.2, -0.15) is 0 Å².